The van der Waals surface area contributed by atoms with Crippen LogP contribution in [0, 0.1) is 5.92 Å². The van der Waals surface area contributed by atoms with Crippen molar-refractivity contribution in [3.8, 4) is 11.5 Å². The Hall–Kier alpha value is -1.91. The first-order chi connectivity index (χ1) is 10.2. The highest BCUT2D eigenvalue weighted by Gasteiger charge is 2.34. The van der Waals surface area contributed by atoms with Gasteiger partial charge in [-0.25, -0.2) is 0 Å². The van der Waals surface area contributed by atoms with E-state index in [0.717, 1.165) is 56.2 Å². The van der Waals surface area contributed by atoms with E-state index in [1.165, 1.54) is 0 Å². The highest BCUT2D eigenvalue weighted by molar-refractivity contribution is 5.81. The molecule has 1 aromatic rings. The zero-order chi connectivity index (χ0) is 14.8. The minimum atomic E-state index is 0.317. The van der Waals surface area contributed by atoms with E-state index in [9.17, 15) is 4.79 Å². The quantitative estimate of drug-likeness (QED) is 0.847. The number of benzene rings is 1. The van der Waals surface area contributed by atoms with Gasteiger partial charge in [0.25, 0.3) is 0 Å². The molecule has 1 aromatic carbocycles. The van der Waals surface area contributed by atoms with Crippen molar-refractivity contribution in [1.29, 1.82) is 0 Å². The largest absolute Gasteiger partial charge is 0.493 e. The summed E-state index contributed by atoms with van der Waals surface area (Å²) in [6, 6.07) is 5.97. The lowest BCUT2D eigenvalue weighted by atomic mass is 10.2. The fourth-order valence-corrected chi connectivity index (χ4v) is 2.80. The summed E-state index contributed by atoms with van der Waals surface area (Å²) in [4.78, 5) is 16.4. The summed E-state index contributed by atoms with van der Waals surface area (Å²) in [7, 11) is 3.29. The summed E-state index contributed by atoms with van der Waals surface area (Å²) in [5.74, 6) is 2.15. The predicted molar refractivity (Wildman–Crippen MR) is 81.1 cm³/mol. The number of methoxy groups -OCH3 is 2. The van der Waals surface area contributed by atoms with Crippen molar-refractivity contribution in [3.63, 3.8) is 0 Å². The van der Waals surface area contributed by atoms with Gasteiger partial charge in [0.15, 0.2) is 11.5 Å². The van der Waals surface area contributed by atoms with Crippen molar-refractivity contribution >= 4 is 11.6 Å². The molecule has 3 rings (SSSR count). The summed E-state index contributed by atoms with van der Waals surface area (Å²) in [6.07, 6.45) is 2.16. The molecule has 114 valence electrons. The molecule has 1 amide bonds. The van der Waals surface area contributed by atoms with E-state index in [-0.39, 0.29) is 0 Å². The van der Waals surface area contributed by atoms with Crippen LogP contribution in [0.4, 0.5) is 5.69 Å². The van der Waals surface area contributed by atoms with Crippen LogP contribution >= 0.6 is 0 Å². The first-order valence-corrected chi connectivity index (χ1v) is 7.48. The SMILES string of the molecule is COc1ccc(N2CCN(C(=O)C3CC3)CC2)cc1OC. The van der Waals surface area contributed by atoms with Gasteiger partial charge >= 0.3 is 0 Å². The highest BCUT2D eigenvalue weighted by atomic mass is 16.5. The maximum absolute atomic E-state index is 12.1. The molecule has 5 nitrogen and oxygen atoms in total. The molecule has 1 aliphatic heterocycles. The summed E-state index contributed by atoms with van der Waals surface area (Å²) >= 11 is 0. The molecule has 5 heteroatoms. The number of rotatable bonds is 4. The van der Waals surface area contributed by atoms with Gasteiger partial charge in [-0.1, -0.05) is 0 Å². The van der Waals surface area contributed by atoms with Crippen LogP contribution in [-0.2, 0) is 4.79 Å². The van der Waals surface area contributed by atoms with Crippen molar-refractivity contribution < 1.29 is 14.3 Å². The van der Waals surface area contributed by atoms with E-state index >= 15 is 0 Å². The van der Waals surface area contributed by atoms with E-state index in [4.69, 9.17) is 9.47 Å². The average molecular weight is 290 g/mol. The lowest BCUT2D eigenvalue weighted by Crippen LogP contribution is -2.49. The Kier molecular flexibility index (Phi) is 3.90. The Bertz CT molecular complexity index is 520. The molecule has 0 atom stereocenters. The standard InChI is InChI=1S/C16H22N2O3/c1-20-14-6-5-13(11-15(14)21-2)17-7-9-18(10-8-17)16(19)12-3-4-12/h5-6,11-12H,3-4,7-10H2,1-2H3. The number of ether oxygens (including phenoxy) is 2. The molecule has 21 heavy (non-hydrogen) atoms. The molecule has 0 unspecified atom stereocenters. The Labute approximate surface area is 125 Å². The second-order valence-corrected chi connectivity index (χ2v) is 5.63. The lowest BCUT2D eigenvalue weighted by Gasteiger charge is -2.36. The smallest absolute Gasteiger partial charge is 0.225 e. The molecule has 0 radical (unpaired) electrons. The van der Waals surface area contributed by atoms with Crippen LogP contribution in [0.25, 0.3) is 0 Å². The number of nitrogens with zero attached hydrogens (tertiary/aromatic N) is 2. The van der Waals surface area contributed by atoms with Crippen molar-refractivity contribution in [2.45, 2.75) is 12.8 Å². The number of hydrogen-bond donors (Lipinski definition) is 0. The maximum atomic E-state index is 12.1. The summed E-state index contributed by atoms with van der Waals surface area (Å²) < 4.78 is 10.6. The van der Waals surface area contributed by atoms with Gasteiger partial charge in [0.05, 0.1) is 14.2 Å². The van der Waals surface area contributed by atoms with Crippen molar-refractivity contribution in [2.75, 3.05) is 45.3 Å². The van der Waals surface area contributed by atoms with Gasteiger partial charge in [-0.15, -0.1) is 0 Å². The molecule has 1 saturated heterocycles. The topological polar surface area (TPSA) is 42.0 Å². The van der Waals surface area contributed by atoms with Gasteiger partial charge in [0.1, 0.15) is 0 Å². The minimum Gasteiger partial charge on any atom is -0.493 e. The summed E-state index contributed by atoms with van der Waals surface area (Å²) in [5, 5.41) is 0. The summed E-state index contributed by atoms with van der Waals surface area (Å²) in [5.41, 5.74) is 1.12. The molecular weight excluding hydrogens is 268 g/mol. The monoisotopic (exact) mass is 290 g/mol. The zero-order valence-corrected chi connectivity index (χ0v) is 12.7. The van der Waals surface area contributed by atoms with Gasteiger partial charge in [-0.2, -0.15) is 0 Å². The fraction of sp³-hybridized carbons (Fsp3) is 0.562. The zero-order valence-electron chi connectivity index (χ0n) is 12.7. The van der Waals surface area contributed by atoms with Gasteiger partial charge in [-0.05, 0) is 25.0 Å². The normalized spacial score (nSPS) is 18.6. The molecule has 1 saturated carbocycles. The molecule has 1 aliphatic carbocycles. The van der Waals surface area contributed by atoms with Crippen molar-refractivity contribution in [2.24, 2.45) is 5.92 Å². The van der Waals surface area contributed by atoms with Gasteiger partial charge in [0.2, 0.25) is 5.91 Å². The van der Waals surface area contributed by atoms with Crippen LogP contribution in [0.2, 0.25) is 0 Å². The Morgan fingerprint density at radius 2 is 1.71 bits per heavy atom. The second-order valence-electron chi connectivity index (χ2n) is 5.63. The minimum absolute atomic E-state index is 0.317. The van der Waals surface area contributed by atoms with Crippen LogP contribution < -0.4 is 14.4 Å². The third-order valence-electron chi connectivity index (χ3n) is 4.25. The summed E-state index contributed by atoms with van der Waals surface area (Å²) in [6.45, 7) is 3.36. The Morgan fingerprint density at radius 3 is 2.29 bits per heavy atom. The molecule has 1 heterocycles. The second kappa shape index (κ2) is 5.84. The Balaban J connectivity index is 1.64. The van der Waals surface area contributed by atoms with Gasteiger partial charge < -0.3 is 19.3 Å². The van der Waals surface area contributed by atoms with Crippen LogP contribution in [0.1, 0.15) is 12.8 Å². The van der Waals surface area contributed by atoms with Crippen LogP contribution in [0.15, 0.2) is 18.2 Å². The molecule has 0 aromatic heterocycles. The van der Waals surface area contributed by atoms with E-state index in [1.54, 1.807) is 14.2 Å². The van der Waals surface area contributed by atoms with E-state index in [0.29, 0.717) is 11.8 Å². The van der Waals surface area contributed by atoms with E-state index < -0.39 is 0 Å². The van der Waals surface area contributed by atoms with E-state index in [1.807, 2.05) is 23.1 Å². The number of piperazine rings is 1. The third-order valence-corrected chi connectivity index (χ3v) is 4.25. The van der Waals surface area contributed by atoms with Crippen LogP contribution in [-0.4, -0.2) is 51.2 Å². The maximum Gasteiger partial charge on any atom is 0.225 e. The van der Waals surface area contributed by atoms with E-state index in [2.05, 4.69) is 4.90 Å². The fourth-order valence-electron chi connectivity index (χ4n) is 2.80. The highest BCUT2D eigenvalue weighted by Crippen LogP contribution is 2.33. The van der Waals surface area contributed by atoms with Crippen molar-refractivity contribution in [3.05, 3.63) is 18.2 Å². The predicted octanol–water partition coefficient (Wildman–Crippen LogP) is 1.76. The first kappa shape index (κ1) is 14.0. The average Bonchev–Trinajstić information content (AvgIpc) is 3.38. The van der Waals surface area contributed by atoms with Gasteiger partial charge in [-0.3, -0.25) is 4.79 Å². The Morgan fingerprint density at radius 1 is 1.05 bits per heavy atom. The number of hydrogen-bond acceptors (Lipinski definition) is 4. The molecule has 0 N–H and O–H groups in total. The van der Waals surface area contributed by atoms with Gasteiger partial charge in [0, 0.05) is 43.9 Å². The molecule has 0 spiro atoms. The molecule has 0 bridgehead atoms. The molecule has 2 fully saturated rings. The van der Waals surface area contributed by atoms with Crippen LogP contribution in [0.3, 0.4) is 0 Å². The molecule has 2 aliphatic rings. The lowest BCUT2D eigenvalue weighted by molar-refractivity contribution is -0.132. The third kappa shape index (κ3) is 2.91. The van der Waals surface area contributed by atoms with Crippen LogP contribution in [0.5, 0.6) is 11.5 Å². The molecular formula is C16H22N2O3. The number of carbonyl (C=O) groups is 1. The van der Waals surface area contributed by atoms with Crippen molar-refractivity contribution in [1.82, 2.24) is 4.90 Å². The first-order valence-electron chi connectivity index (χ1n) is 7.48. The number of amides is 1. The number of anilines is 1. The number of carbonyl (C=O) groups excluding carboxylic acids is 1.